The van der Waals surface area contributed by atoms with Crippen LogP contribution in [0.15, 0.2) is 152 Å². The highest BCUT2D eigenvalue weighted by Crippen LogP contribution is 2.33. The first-order valence-electron chi connectivity index (χ1n) is 13.8. The summed E-state index contributed by atoms with van der Waals surface area (Å²) in [4.78, 5) is 9.77. The Hall–Kier alpha value is -5.54. The lowest BCUT2D eigenvalue weighted by Crippen LogP contribution is -1.97. The Morgan fingerprint density at radius 1 is 0.439 bits per heavy atom. The van der Waals surface area contributed by atoms with Crippen LogP contribution in [0.2, 0.25) is 0 Å². The fraction of sp³-hybridized carbons (Fsp3) is 0. The summed E-state index contributed by atoms with van der Waals surface area (Å²) in [6, 6.07) is 51.2. The molecular weight excluding hydrogens is 498 g/mol. The predicted octanol–water partition coefficient (Wildman–Crippen LogP) is 9.73. The molecule has 0 saturated heterocycles. The van der Waals surface area contributed by atoms with E-state index in [2.05, 4.69) is 138 Å². The van der Waals surface area contributed by atoms with Crippen LogP contribution in [0.25, 0.3) is 72.0 Å². The molecule has 6 aromatic carbocycles. The third-order valence-electron chi connectivity index (χ3n) is 7.84. The minimum Gasteiger partial charge on any atom is -0.292 e. The Balaban J connectivity index is 1.16. The molecule has 0 radical (unpaired) electrons. The minimum absolute atomic E-state index is 0.939. The highest BCUT2D eigenvalue weighted by atomic mass is 15.1. The monoisotopic (exact) mass is 523 g/mol. The normalized spacial score (nSPS) is 11.4. The van der Waals surface area contributed by atoms with E-state index in [-0.39, 0.29) is 0 Å². The third kappa shape index (κ3) is 4.07. The van der Waals surface area contributed by atoms with E-state index in [1.165, 1.54) is 27.5 Å². The SMILES string of the molecule is c1ccc(-n2c(-c3ccc(-c4cccc(-c5ccc6c(c5)ncc5ccccc56)c4)cc3)nc3ccccc32)cc1. The number of pyridine rings is 1. The highest BCUT2D eigenvalue weighted by molar-refractivity contribution is 6.06. The van der Waals surface area contributed by atoms with Crippen LogP contribution in [0.4, 0.5) is 0 Å². The van der Waals surface area contributed by atoms with Crippen molar-refractivity contribution in [3.8, 4) is 39.3 Å². The Morgan fingerprint density at radius 2 is 1.12 bits per heavy atom. The molecule has 0 N–H and O–H groups in total. The van der Waals surface area contributed by atoms with Crippen LogP contribution in [0, 0.1) is 0 Å². The third-order valence-corrected chi connectivity index (χ3v) is 7.84. The van der Waals surface area contributed by atoms with Crippen molar-refractivity contribution < 1.29 is 0 Å². The standard InChI is InChI=1S/C38H25N3/c1-2-12-32(13-3-1)41-37-16-7-6-15-35(37)40-38(41)27-19-17-26(18-20-27)28-10-8-11-29(23-28)30-21-22-34-33-14-5-4-9-31(33)25-39-36(34)24-30/h1-25H. The van der Waals surface area contributed by atoms with Gasteiger partial charge in [0.1, 0.15) is 5.82 Å². The van der Waals surface area contributed by atoms with E-state index in [0.29, 0.717) is 0 Å². The van der Waals surface area contributed by atoms with Gasteiger partial charge in [0.05, 0.1) is 16.6 Å². The van der Waals surface area contributed by atoms with Crippen molar-refractivity contribution in [2.45, 2.75) is 0 Å². The zero-order chi connectivity index (χ0) is 27.2. The largest absolute Gasteiger partial charge is 0.292 e. The first-order valence-corrected chi connectivity index (χ1v) is 13.8. The molecule has 192 valence electrons. The number of nitrogens with zero attached hydrogens (tertiary/aromatic N) is 3. The van der Waals surface area contributed by atoms with E-state index in [1.54, 1.807) is 0 Å². The predicted molar refractivity (Wildman–Crippen MR) is 170 cm³/mol. The second kappa shape index (κ2) is 9.58. The minimum atomic E-state index is 0.939. The van der Waals surface area contributed by atoms with Gasteiger partial charge >= 0.3 is 0 Å². The van der Waals surface area contributed by atoms with Gasteiger partial charge in [0, 0.05) is 28.2 Å². The molecule has 0 saturated carbocycles. The summed E-state index contributed by atoms with van der Waals surface area (Å²) in [6.07, 6.45) is 1.96. The molecule has 3 heteroatoms. The smallest absolute Gasteiger partial charge is 0.145 e. The summed E-state index contributed by atoms with van der Waals surface area (Å²) in [5.41, 5.74) is 9.97. The van der Waals surface area contributed by atoms with Crippen LogP contribution in [0.3, 0.4) is 0 Å². The molecule has 0 bridgehead atoms. The maximum atomic E-state index is 5.02. The molecule has 0 atom stereocenters. The van der Waals surface area contributed by atoms with Gasteiger partial charge < -0.3 is 0 Å². The van der Waals surface area contributed by atoms with E-state index in [0.717, 1.165) is 44.6 Å². The van der Waals surface area contributed by atoms with Gasteiger partial charge in [-0.2, -0.15) is 0 Å². The molecule has 0 amide bonds. The molecule has 3 nitrogen and oxygen atoms in total. The van der Waals surface area contributed by atoms with Gasteiger partial charge in [-0.05, 0) is 64.0 Å². The Labute approximate surface area is 238 Å². The second-order valence-electron chi connectivity index (χ2n) is 10.3. The van der Waals surface area contributed by atoms with Crippen molar-refractivity contribution in [3.63, 3.8) is 0 Å². The van der Waals surface area contributed by atoms with Crippen LogP contribution in [-0.4, -0.2) is 14.5 Å². The van der Waals surface area contributed by atoms with Crippen molar-refractivity contribution in [2.24, 2.45) is 0 Å². The number of benzene rings is 6. The molecule has 2 heterocycles. The molecule has 8 rings (SSSR count). The number of imidazole rings is 1. The maximum absolute atomic E-state index is 5.02. The number of fused-ring (bicyclic) bond motifs is 4. The lowest BCUT2D eigenvalue weighted by Gasteiger charge is -2.11. The fourth-order valence-corrected chi connectivity index (χ4v) is 5.79. The quantitative estimate of drug-likeness (QED) is 0.215. The van der Waals surface area contributed by atoms with Gasteiger partial charge in [0.15, 0.2) is 0 Å². The number of aromatic nitrogens is 3. The van der Waals surface area contributed by atoms with Gasteiger partial charge in [-0.1, -0.05) is 109 Å². The summed E-state index contributed by atoms with van der Waals surface area (Å²) in [5.74, 6) is 0.939. The molecule has 8 aromatic rings. The number of hydrogen-bond donors (Lipinski definition) is 0. The molecular formula is C38H25N3. The van der Waals surface area contributed by atoms with Gasteiger partial charge in [0.25, 0.3) is 0 Å². The zero-order valence-corrected chi connectivity index (χ0v) is 22.3. The van der Waals surface area contributed by atoms with Gasteiger partial charge in [-0.3, -0.25) is 9.55 Å². The van der Waals surface area contributed by atoms with E-state index < -0.39 is 0 Å². The highest BCUT2D eigenvalue weighted by Gasteiger charge is 2.14. The summed E-state index contributed by atoms with van der Waals surface area (Å²) in [7, 11) is 0. The number of rotatable bonds is 4. The van der Waals surface area contributed by atoms with Crippen molar-refractivity contribution in [3.05, 3.63) is 152 Å². The second-order valence-corrected chi connectivity index (χ2v) is 10.3. The summed E-state index contributed by atoms with van der Waals surface area (Å²) < 4.78 is 2.24. The van der Waals surface area contributed by atoms with Crippen LogP contribution in [0.1, 0.15) is 0 Å². The average Bonchev–Trinajstić information content (AvgIpc) is 3.45. The molecule has 0 fully saturated rings. The van der Waals surface area contributed by atoms with Crippen LogP contribution >= 0.6 is 0 Å². The molecule has 2 aromatic heterocycles. The fourth-order valence-electron chi connectivity index (χ4n) is 5.79. The number of para-hydroxylation sites is 3. The van der Waals surface area contributed by atoms with E-state index >= 15 is 0 Å². The van der Waals surface area contributed by atoms with Crippen LogP contribution in [-0.2, 0) is 0 Å². The van der Waals surface area contributed by atoms with Crippen molar-refractivity contribution in [1.29, 1.82) is 0 Å². The van der Waals surface area contributed by atoms with Gasteiger partial charge in [0.2, 0.25) is 0 Å². The van der Waals surface area contributed by atoms with Gasteiger partial charge in [-0.15, -0.1) is 0 Å². The van der Waals surface area contributed by atoms with E-state index in [4.69, 9.17) is 9.97 Å². The Bertz CT molecular complexity index is 2190. The van der Waals surface area contributed by atoms with Crippen LogP contribution in [0.5, 0.6) is 0 Å². The Kier molecular flexibility index (Phi) is 5.46. The summed E-state index contributed by atoms with van der Waals surface area (Å²) in [6.45, 7) is 0. The van der Waals surface area contributed by atoms with Gasteiger partial charge in [-0.25, -0.2) is 4.98 Å². The molecule has 0 unspecified atom stereocenters. The summed E-state index contributed by atoms with van der Waals surface area (Å²) in [5, 5.41) is 3.58. The van der Waals surface area contributed by atoms with E-state index in [9.17, 15) is 0 Å². The molecule has 0 aliphatic carbocycles. The first kappa shape index (κ1) is 23.4. The van der Waals surface area contributed by atoms with Crippen molar-refractivity contribution in [2.75, 3.05) is 0 Å². The molecule has 41 heavy (non-hydrogen) atoms. The molecule has 0 spiro atoms. The summed E-state index contributed by atoms with van der Waals surface area (Å²) >= 11 is 0. The number of hydrogen-bond acceptors (Lipinski definition) is 2. The van der Waals surface area contributed by atoms with Crippen LogP contribution < -0.4 is 0 Å². The molecule has 0 aliphatic rings. The zero-order valence-electron chi connectivity index (χ0n) is 22.3. The Morgan fingerprint density at radius 3 is 2.00 bits per heavy atom. The van der Waals surface area contributed by atoms with Crippen molar-refractivity contribution in [1.82, 2.24) is 14.5 Å². The van der Waals surface area contributed by atoms with Crippen molar-refractivity contribution >= 4 is 32.7 Å². The molecule has 0 aliphatic heterocycles. The average molecular weight is 524 g/mol. The maximum Gasteiger partial charge on any atom is 0.145 e. The lowest BCUT2D eigenvalue weighted by atomic mass is 9.97. The topological polar surface area (TPSA) is 30.7 Å². The first-order chi connectivity index (χ1) is 20.3. The van der Waals surface area contributed by atoms with E-state index in [1.807, 2.05) is 18.3 Å². The lowest BCUT2D eigenvalue weighted by molar-refractivity contribution is 1.10.